The van der Waals surface area contributed by atoms with Crippen LogP contribution in [-0.4, -0.2) is 19.5 Å². The molecular weight excluding hydrogens is 250 g/mol. The van der Waals surface area contributed by atoms with Gasteiger partial charge in [-0.15, -0.1) is 0 Å². The maximum absolute atomic E-state index is 4.60. The summed E-state index contributed by atoms with van der Waals surface area (Å²) in [6.07, 6.45) is 1.70. The Labute approximate surface area is 115 Å². The first-order chi connectivity index (χ1) is 9.81. The number of hydrogen-bond acceptors (Lipinski definition) is 3. The van der Waals surface area contributed by atoms with Gasteiger partial charge in [0.1, 0.15) is 0 Å². The Bertz CT molecular complexity index is 903. The summed E-state index contributed by atoms with van der Waals surface area (Å²) in [6, 6.07) is 14.1. The number of hydrogen-bond donors (Lipinski definition) is 2. The van der Waals surface area contributed by atoms with Gasteiger partial charge in [0.15, 0.2) is 0 Å². The lowest BCUT2D eigenvalue weighted by atomic mass is 10.3. The van der Waals surface area contributed by atoms with E-state index in [-0.39, 0.29) is 0 Å². The number of aromatic amines is 1. The second-order valence-corrected chi connectivity index (χ2v) is 4.74. The molecule has 0 unspecified atom stereocenters. The number of fused-ring (bicyclic) bond motifs is 2. The number of imidazole rings is 2. The second-order valence-electron chi connectivity index (χ2n) is 4.74. The van der Waals surface area contributed by atoms with E-state index in [9.17, 15) is 0 Å². The Kier molecular flexibility index (Phi) is 2.26. The molecule has 2 heterocycles. The third-order valence-corrected chi connectivity index (χ3v) is 3.46. The molecule has 0 bridgehead atoms. The van der Waals surface area contributed by atoms with Crippen LogP contribution in [0, 0.1) is 0 Å². The van der Waals surface area contributed by atoms with Gasteiger partial charge in [-0.05, 0) is 30.3 Å². The average Bonchev–Trinajstić information content (AvgIpc) is 3.05. The molecule has 0 aliphatic carbocycles. The lowest BCUT2D eigenvalue weighted by Gasteiger charge is -2.06. The van der Waals surface area contributed by atoms with E-state index in [1.165, 1.54) is 0 Å². The Morgan fingerprint density at radius 1 is 1.10 bits per heavy atom. The average molecular weight is 263 g/mol. The molecule has 2 aromatic carbocycles. The molecule has 0 aliphatic heterocycles. The molecule has 0 spiro atoms. The van der Waals surface area contributed by atoms with Crippen molar-refractivity contribution >= 4 is 33.7 Å². The highest BCUT2D eigenvalue weighted by atomic mass is 15.2. The van der Waals surface area contributed by atoms with Crippen molar-refractivity contribution < 1.29 is 0 Å². The van der Waals surface area contributed by atoms with Gasteiger partial charge in [-0.3, -0.25) is 0 Å². The third-order valence-electron chi connectivity index (χ3n) is 3.46. The number of aryl methyl sites for hydroxylation is 1. The van der Waals surface area contributed by atoms with Gasteiger partial charge in [-0.1, -0.05) is 12.1 Å². The normalized spacial score (nSPS) is 11.2. The molecule has 5 nitrogen and oxygen atoms in total. The lowest BCUT2D eigenvalue weighted by Crippen LogP contribution is -1.98. The summed E-state index contributed by atoms with van der Waals surface area (Å²) in [6.45, 7) is 0. The molecule has 4 rings (SSSR count). The van der Waals surface area contributed by atoms with Gasteiger partial charge in [0.25, 0.3) is 0 Å². The molecule has 0 saturated carbocycles. The highest BCUT2D eigenvalue weighted by Crippen LogP contribution is 2.23. The fourth-order valence-corrected chi connectivity index (χ4v) is 2.40. The zero-order valence-electron chi connectivity index (χ0n) is 11.0. The van der Waals surface area contributed by atoms with E-state index in [0.29, 0.717) is 0 Å². The summed E-state index contributed by atoms with van der Waals surface area (Å²) in [5.41, 5.74) is 5.05. The molecule has 4 aromatic rings. The summed E-state index contributed by atoms with van der Waals surface area (Å²) in [7, 11) is 2.01. The molecule has 0 atom stereocenters. The van der Waals surface area contributed by atoms with Crippen LogP contribution in [0.1, 0.15) is 0 Å². The van der Waals surface area contributed by atoms with Gasteiger partial charge in [0.2, 0.25) is 5.95 Å². The maximum Gasteiger partial charge on any atom is 0.208 e. The Balaban J connectivity index is 1.77. The molecule has 98 valence electrons. The smallest absolute Gasteiger partial charge is 0.208 e. The Hall–Kier alpha value is -2.82. The predicted molar refractivity (Wildman–Crippen MR) is 80.1 cm³/mol. The van der Waals surface area contributed by atoms with Crippen molar-refractivity contribution in [2.75, 3.05) is 5.32 Å². The summed E-state index contributed by atoms with van der Waals surface area (Å²) in [5, 5.41) is 3.35. The van der Waals surface area contributed by atoms with Gasteiger partial charge >= 0.3 is 0 Å². The van der Waals surface area contributed by atoms with Crippen LogP contribution in [0.2, 0.25) is 0 Å². The van der Waals surface area contributed by atoms with Crippen molar-refractivity contribution in [3.05, 3.63) is 48.8 Å². The minimum absolute atomic E-state index is 0.824. The van der Waals surface area contributed by atoms with Crippen LogP contribution < -0.4 is 5.32 Å². The largest absolute Gasteiger partial charge is 0.345 e. The molecule has 0 saturated heterocycles. The first-order valence-electron chi connectivity index (χ1n) is 6.43. The van der Waals surface area contributed by atoms with E-state index < -0.39 is 0 Å². The standard InChI is InChI=1S/C15H13N5/c1-20-14-5-3-2-4-12(14)19-15(20)18-10-6-7-11-13(8-10)17-9-16-11/h2-9H,1H3,(H,16,17)(H,18,19). The summed E-state index contributed by atoms with van der Waals surface area (Å²) < 4.78 is 2.05. The Morgan fingerprint density at radius 2 is 2.00 bits per heavy atom. The van der Waals surface area contributed by atoms with E-state index >= 15 is 0 Å². The molecule has 5 heteroatoms. The number of aromatic nitrogens is 4. The van der Waals surface area contributed by atoms with Gasteiger partial charge in [-0.2, -0.15) is 0 Å². The number of rotatable bonds is 2. The molecule has 0 fully saturated rings. The molecular formula is C15H13N5. The van der Waals surface area contributed by atoms with E-state index in [4.69, 9.17) is 0 Å². The first-order valence-corrected chi connectivity index (χ1v) is 6.43. The topological polar surface area (TPSA) is 58.5 Å². The monoisotopic (exact) mass is 263 g/mol. The lowest BCUT2D eigenvalue weighted by molar-refractivity contribution is 0.958. The summed E-state index contributed by atoms with van der Waals surface area (Å²) in [5.74, 6) is 0.824. The van der Waals surface area contributed by atoms with Crippen molar-refractivity contribution in [1.82, 2.24) is 19.5 Å². The van der Waals surface area contributed by atoms with E-state index in [1.54, 1.807) is 6.33 Å². The number of anilines is 2. The summed E-state index contributed by atoms with van der Waals surface area (Å²) in [4.78, 5) is 11.9. The fraction of sp³-hybridized carbons (Fsp3) is 0.0667. The zero-order chi connectivity index (χ0) is 13.5. The van der Waals surface area contributed by atoms with Crippen LogP contribution in [0.5, 0.6) is 0 Å². The molecule has 0 aliphatic rings. The van der Waals surface area contributed by atoms with Crippen molar-refractivity contribution in [3.63, 3.8) is 0 Å². The number of para-hydroxylation sites is 2. The minimum atomic E-state index is 0.824. The number of nitrogens with zero attached hydrogens (tertiary/aromatic N) is 3. The van der Waals surface area contributed by atoms with Crippen molar-refractivity contribution in [3.8, 4) is 0 Å². The van der Waals surface area contributed by atoms with Crippen molar-refractivity contribution in [2.24, 2.45) is 7.05 Å². The zero-order valence-corrected chi connectivity index (χ0v) is 11.0. The number of nitrogens with one attached hydrogen (secondary N) is 2. The summed E-state index contributed by atoms with van der Waals surface area (Å²) >= 11 is 0. The fourth-order valence-electron chi connectivity index (χ4n) is 2.40. The number of H-pyrrole nitrogens is 1. The first kappa shape index (κ1) is 11.0. The molecule has 20 heavy (non-hydrogen) atoms. The SMILES string of the molecule is Cn1c(Nc2ccc3nc[nH]c3c2)nc2ccccc21. The van der Waals surface area contributed by atoms with E-state index in [2.05, 4.69) is 26.3 Å². The van der Waals surface area contributed by atoms with E-state index in [1.807, 2.05) is 48.0 Å². The van der Waals surface area contributed by atoms with Gasteiger partial charge < -0.3 is 14.9 Å². The van der Waals surface area contributed by atoms with Gasteiger partial charge in [-0.25, -0.2) is 9.97 Å². The Morgan fingerprint density at radius 3 is 2.90 bits per heavy atom. The van der Waals surface area contributed by atoms with Crippen LogP contribution in [-0.2, 0) is 7.05 Å². The minimum Gasteiger partial charge on any atom is -0.345 e. The third kappa shape index (κ3) is 1.64. The quantitative estimate of drug-likeness (QED) is 0.584. The van der Waals surface area contributed by atoms with Crippen LogP contribution in [0.4, 0.5) is 11.6 Å². The predicted octanol–water partition coefficient (Wildman–Crippen LogP) is 3.19. The van der Waals surface area contributed by atoms with Crippen LogP contribution >= 0.6 is 0 Å². The molecule has 0 amide bonds. The van der Waals surface area contributed by atoms with Crippen molar-refractivity contribution in [2.45, 2.75) is 0 Å². The maximum atomic E-state index is 4.60. The van der Waals surface area contributed by atoms with Crippen LogP contribution in [0.25, 0.3) is 22.1 Å². The molecule has 2 aromatic heterocycles. The van der Waals surface area contributed by atoms with Gasteiger partial charge in [0, 0.05) is 12.7 Å². The second kappa shape index (κ2) is 4.09. The van der Waals surface area contributed by atoms with Crippen LogP contribution in [0.3, 0.4) is 0 Å². The van der Waals surface area contributed by atoms with Gasteiger partial charge in [0.05, 0.1) is 28.4 Å². The highest BCUT2D eigenvalue weighted by molar-refractivity contribution is 5.82. The number of benzene rings is 2. The van der Waals surface area contributed by atoms with E-state index in [0.717, 1.165) is 33.7 Å². The molecule has 2 N–H and O–H groups in total. The highest BCUT2D eigenvalue weighted by Gasteiger charge is 2.07. The van der Waals surface area contributed by atoms with Crippen LogP contribution in [0.15, 0.2) is 48.8 Å². The van der Waals surface area contributed by atoms with Crippen molar-refractivity contribution in [1.29, 1.82) is 0 Å². The molecule has 0 radical (unpaired) electrons.